The second-order valence-corrected chi connectivity index (χ2v) is 7.26. The van der Waals surface area contributed by atoms with Crippen LogP contribution >= 0.6 is 0 Å². The molecule has 2 amide bonds. The normalized spacial score (nSPS) is 13.5. The number of rotatable bonds is 6. The van der Waals surface area contributed by atoms with Gasteiger partial charge < -0.3 is 15.2 Å². The fraction of sp³-hybridized carbons (Fsp3) is 0.381. The van der Waals surface area contributed by atoms with Gasteiger partial charge in [-0.2, -0.15) is 5.26 Å². The second kappa shape index (κ2) is 8.69. The van der Waals surface area contributed by atoms with Crippen LogP contribution in [0.1, 0.15) is 39.3 Å². The van der Waals surface area contributed by atoms with Gasteiger partial charge in [-0.3, -0.25) is 19.4 Å². The second-order valence-electron chi connectivity index (χ2n) is 7.26. The number of hydrogen-bond acceptors (Lipinski definition) is 5. The number of amides is 2. The molecule has 2 aromatic heterocycles. The number of carbonyl (C=O) groups is 2. The van der Waals surface area contributed by atoms with Crippen LogP contribution in [0.2, 0.25) is 0 Å². The van der Waals surface area contributed by atoms with Crippen LogP contribution < -0.4 is 10.9 Å². The van der Waals surface area contributed by atoms with Gasteiger partial charge in [0.1, 0.15) is 17.3 Å². The van der Waals surface area contributed by atoms with Crippen LogP contribution in [-0.4, -0.2) is 46.3 Å². The van der Waals surface area contributed by atoms with E-state index < -0.39 is 5.56 Å². The molecular weight excluding hydrogens is 370 g/mol. The van der Waals surface area contributed by atoms with Gasteiger partial charge in [0.15, 0.2) is 0 Å². The van der Waals surface area contributed by atoms with Crippen LogP contribution in [0.3, 0.4) is 0 Å². The Morgan fingerprint density at radius 1 is 1.34 bits per heavy atom. The van der Waals surface area contributed by atoms with Crippen molar-refractivity contribution in [3.05, 3.63) is 62.8 Å². The topological polar surface area (TPSA) is 119 Å². The number of aryl methyl sites for hydroxylation is 1. The number of nitrogens with zero attached hydrogens (tertiary/aromatic N) is 3. The number of pyridine rings is 2. The number of nitrogens with one attached hydrogen (secondary N) is 2. The lowest BCUT2D eigenvalue weighted by Gasteiger charge is -2.39. The van der Waals surface area contributed by atoms with E-state index in [9.17, 15) is 14.4 Å². The molecule has 0 atom stereocenters. The third-order valence-electron chi connectivity index (χ3n) is 5.27. The molecule has 0 saturated carbocycles. The fourth-order valence-corrected chi connectivity index (χ4v) is 3.54. The Bertz CT molecular complexity index is 1020. The van der Waals surface area contributed by atoms with Gasteiger partial charge in [0, 0.05) is 43.9 Å². The molecule has 1 saturated heterocycles. The van der Waals surface area contributed by atoms with Crippen LogP contribution in [-0.2, 0) is 11.2 Å². The van der Waals surface area contributed by atoms with Crippen molar-refractivity contribution < 1.29 is 9.59 Å². The van der Waals surface area contributed by atoms with Crippen molar-refractivity contribution in [3.63, 3.8) is 0 Å². The van der Waals surface area contributed by atoms with E-state index in [1.165, 1.54) is 0 Å². The first-order valence-electron chi connectivity index (χ1n) is 9.50. The van der Waals surface area contributed by atoms with Crippen LogP contribution in [0.15, 0.2) is 29.2 Å². The average Bonchev–Trinajstić information content (AvgIpc) is 2.67. The van der Waals surface area contributed by atoms with Crippen molar-refractivity contribution in [2.75, 3.05) is 19.6 Å². The van der Waals surface area contributed by atoms with Gasteiger partial charge in [0.2, 0.25) is 5.91 Å². The van der Waals surface area contributed by atoms with E-state index in [2.05, 4.69) is 15.3 Å². The zero-order valence-corrected chi connectivity index (χ0v) is 16.5. The van der Waals surface area contributed by atoms with E-state index in [-0.39, 0.29) is 23.3 Å². The number of aromatic amines is 1. The van der Waals surface area contributed by atoms with Gasteiger partial charge in [-0.15, -0.1) is 0 Å². The van der Waals surface area contributed by atoms with E-state index in [1.807, 2.05) is 6.07 Å². The standard InChI is InChI=1S/C21H23N5O3/c1-13-16(14(2)25-20(28)17(13)9-22)6-7-19(27)26-11-15(12-26)10-24-21(29)18-5-3-4-8-23-18/h3-5,8,15H,6-7,10-12H2,1-2H3,(H,24,29)(H,25,28). The van der Waals surface area contributed by atoms with Gasteiger partial charge >= 0.3 is 0 Å². The third kappa shape index (κ3) is 4.51. The summed E-state index contributed by atoms with van der Waals surface area (Å²) in [4.78, 5) is 44.7. The lowest BCUT2D eigenvalue weighted by Crippen LogP contribution is -2.53. The Morgan fingerprint density at radius 3 is 2.76 bits per heavy atom. The summed E-state index contributed by atoms with van der Waals surface area (Å²) in [5, 5.41) is 12.0. The summed E-state index contributed by atoms with van der Waals surface area (Å²) < 4.78 is 0. The molecule has 3 heterocycles. The number of nitriles is 1. The number of likely N-dealkylation sites (tertiary alicyclic amines) is 1. The number of hydrogen-bond donors (Lipinski definition) is 2. The third-order valence-corrected chi connectivity index (χ3v) is 5.27. The van der Waals surface area contributed by atoms with Gasteiger partial charge in [-0.25, -0.2) is 0 Å². The number of aromatic nitrogens is 2. The molecule has 0 aliphatic carbocycles. The van der Waals surface area contributed by atoms with Crippen molar-refractivity contribution in [1.29, 1.82) is 5.26 Å². The lowest BCUT2D eigenvalue weighted by molar-refractivity contribution is -0.137. The molecule has 1 aliphatic heterocycles. The van der Waals surface area contributed by atoms with Crippen molar-refractivity contribution in [2.24, 2.45) is 5.92 Å². The van der Waals surface area contributed by atoms with Crippen molar-refractivity contribution in [2.45, 2.75) is 26.7 Å². The van der Waals surface area contributed by atoms with Crippen molar-refractivity contribution in [3.8, 4) is 6.07 Å². The first-order valence-corrected chi connectivity index (χ1v) is 9.50. The first kappa shape index (κ1) is 20.3. The summed E-state index contributed by atoms with van der Waals surface area (Å²) in [6.07, 6.45) is 2.36. The minimum Gasteiger partial charge on any atom is -0.350 e. The molecule has 0 bridgehead atoms. The predicted octanol–water partition coefficient (Wildman–Crippen LogP) is 1.08. The van der Waals surface area contributed by atoms with Crippen LogP contribution in [0, 0.1) is 31.1 Å². The summed E-state index contributed by atoms with van der Waals surface area (Å²) in [7, 11) is 0. The predicted molar refractivity (Wildman–Crippen MR) is 106 cm³/mol. The van der Waals surface area contributed by atoms with Gasteiger partial charge in [-0.1, -0.05) is 6.07 Å². The molecule has 0 radical (unpaired) electrons. The van der Waals surface area contributed by atoms with E-state index in [0.717, 1.165) is 5.56 Å². The average molecular weight is 393 g/mol. The largest absolute Gasteiger partial charge is 0.350 e. The van der Waals surface area contributed by atoms with Crippen LogP contribution in [0.5, 0.6) is 0 Å². The smallest absolute Gasteiger partial charge is 0.269 e. The molecule has 29 heavy (non-hydrogen) atoms. The summed E-state index contributed by atoms with van der Waals surface area (Å²) in [6, 6.07) is 7.10. The fourth-order valence-electron chi connectivity index (χ4n) is 3.54. The molecule has 1 aliphatic rings. The summed E-state index contributed by atoms with van der Waals surface area (Å²) >= 11 is 0. The molecule has 3 rings (SSSR count). The first-order chi connectivity index (χ1) is 13.9. The SMILES string of the molecule is Cc1[nH]c(=O)c(C#N)c(C)c1CCC(=O)N1CC(CNC(=O)c2ccccn2)C1. The number of carbonyl (C=O) groups excluding carboxylic acids is 2. The molecule has 8 nitrogen and oxygen atoms in total. The van der Waals surface area contributed by atoms with Crippen molar-refractivity contribution >= 4 is 11.8 Å². The molecular formula is C21H23N5O3. The highest BCUT2D eigenvalue weighted by Gasteiger charge is 2.30. The molecule has 8 heteroatoms. The summed E-state index contributed by atoms with van der Waals surface area (Å²) in [6.45, 7) is 5.23. The van der Waals surface area contributed by atoms with E-state index >= 15 is 0 Å². The lowest BCUT2D eigenvalue weighted by atomic mass is 9.96. The maximum atomic E-state index is 12.4. The molecule has 2 N–H and O–H groups in total. The molecule has 0 aromatic carbocycles. The van der Waals surface area contributed by atoms with Crippen molar-refractivity contribution in [1.82, 2.24) is 20.2 Å². The van der Waals surface area contributed by atoms with Gasteiger partial charge in [-0.05, 0) is 43.5 Å². The maximum absolute atomic E-state index is 12.4. The zero-order valence-electron chi connectivity index (χ0n) is 16.5. The Hall–Kier alpha value is -3.47. The number of H-pyrrole nitrogens is 1. The highest BCUT2D eigenvalue weighted by atomic mass is 16.2. The van der Waals surface area contributed by atoms with Crippen LogP contribution in [0.4, 0.5) is 0 Å². The molecule has 150 valence electrons. The molecule has 1 fully saturated rings. The highest BCUT2D eigenvalue weighted by molar-refractivity contribution is 5.92. The monoisotopic (exact) mass is 393 g/mol. The van der Waals surface area contributed by atoms with Crippen LogP contribution in [0.25, 0.3) is 0 Å². The molecule has 2 aromatic rings. The van der Waals surface area contributed by atoms with E-state index in [4.69, 9.17) is 5.26 Å². The Labute approximate surface area is 168 Å². The minimum atomic E-state index is -0.393. The Balaban J connectivity index is 1.46. The quantitative estimate of drug-likeness (QED) is 0.761. The van der Waals surface area contributed by atoms with Gasteiger partial charge in [0.25, 0.3) is 11.5 Å². The zero-order chi connectivity index (χ0) is 21.0. The Kier molecular flexibility index (Phi) is 6.07. The van der Waals surface area contributed by atoms with E-state index in [1.54, 1.807) is 43.1 Å². The summed E-state index contributed by atoms with van der Waals surface area (Å²) in [5.41, 5.74) is 2.26. The summed E-state index contributed by atoms with van der Waals surface area (Å²) in [5.74, 6) is 0.0434. The minimum absolute atomic E-state index is 0.0285. The molecule has 0 unspecified atom stereocenters. The highest BCUT2D eigenvalue weighted by Crippen LogP contribution is 2.19. The van der Waals surface area contributed by atoms with E-state index in [0.29, 0.717) is 49.4 Å². The van der Waals surface area contributed by atoms with Gasteiger partial charge in [0.05, 0.1) is 0 Å². The molecule has 0 spiro atoms. The maximum Gasteiger partial charge on any atom is 0.269 e. The Morgan fingerprint density at radius 2 is 2.10 bits per heavy atom.